The van der Waals surface area contributed by atoms with Crippen molar-refractivity contribution in [3.8, 4) is 0 Å². The predicted molar refractivity (Wildman–Crippen MR) is 82.3 cm³/mol. The van der Waals surface area contributed by atoms with Crippen LogP contribution in [-0.2, 0) is 0 Å². The van der Waals surface area contributed by atoms with E-state index in [1.165, 1.54) is 37.1 Å². The van der Waals surface area contributed by atoms with E-state index in [-0.39, 0.29) is 0 Å². The van der Waals surface area contributed by atoms with E-state index >= 15 is 0 Å². The molecule has 1 unspecified atom stereocenters. The second-order valence-corrected chi connectivity index (χ2v) is 6.21. The fourth-order valence-electron chi connectivity index (χ4n) is 2.95. The maximum Gasteiger partial charge on any atom is 0.0319 e. The van der Waals surface area contributed by atoms with Gasteiger partial charge in [0.1, 0.15) is 0 Å². The van der Waals surface area contributed by atoms with Crippen molar-refractivity contribution in [2.24, 2.45) is 11.7 Å². The maximum absolute atomic E-state index is 5.76. The van der Waals surface area contributed by atoms with Crippen molar-refractivity contribution in [2.45, 2.75) is 45.6 Å². The highest BCUT2D eigenvalue weighted by Crippen LogP contribution is 2.27. The van der Waals surface area contributed by atoms with E-state index in [4.69, 9.17) is 5.73 Å². The second-order valence-electron chi connectivity index (χ2n) is 6.21. The molecular formula is C17H28N2. The smallest absolute Gasteiger partial charge is 0.0319 e. The fourth-order valence-corrected chi connectivity index (χ4v) is 2.95. The number of likely N-dealkylation sites (tertiary alicyclic amines) is 1. The monoisotopic (exact) mass is 260 g/mol. The molecule has 0 amide bonds. The zero-order valence-corrected chi connectivity index (χ0v) is 12.6. The SMILES string of the molecule is CC(C)c1ccc(C(C)N2CCC(CN)CC2)cc1. The van der Waals surface area contributed by atoms with Gasteiger partial charge < -0.3 is 5.73 Å². The molecule has 1 aromatic rings. The van der Waals surface area contributed by atoms with Gasteiger partial charge in [0.15, 0.2) is 0 Å². The molecule has 106 valence electrons. The van der Waals surface area contributed by atoms with E-state index in [1.807, 2.05) is 0 Å². The molecule has 0 bridgehead atoms. The van der Waals surface area contributed by atoms with Gasteiger partial charge in [-0.2, -0.15) is 0 Å². The van der Waals surface area contributed by atoms with Crippen LogP contribution in [0.4, 0.5) is 0 Å². The standard InChI is InChI=1S/C17H28N2/c1-13(2)16-4-6-17(7-5-16)14(3)19-10-8-15(12-18)9-11-19/h4-7,13-15H,8-12,18H2,1-3H3. The molecule has 1 aromatic carbocycles. The summed E-state index contributed by atoms with van der Waals surface area (Å²) < 4.78 is 0. The van der Waals surface area contributed by atoms with E-state index < -0.39 is 0 Å². The Hall–Kier alpha value is -0.860. The van der Waals surface area contributed by atoms with Gasteiger partial charge in [0.2, 0.25) is 0 Å². The average Bonchev–Trinajstić information content (AvgIpc) is 2.46. The average molecular weight is 260 g/mol. The zero-order valence-electron chi connectivity index (χ0n) is 12.6. The number of hydrogen-bond acceptors (Lipinski definition) is 2. The van der Waals surface area contributed by atoms with E-state index in [1.54, 1.807) is 0 Å². The summed E-state index contributed by atoms with van der Waals surface area (Å²) in [5.41, 5.74) is 8.63. The Morgan fingerprint density at radius 1 is 1.05 bits per heavy atom. The highest BCUT2D eigenvalue weighted by atomic mass is 15.2. The highest BCUT2D eigenvalue weighted by molar-refractivity contribution is 5.26. The maximum atomic E-state index is 5.76. The quantitative estimate of drug-likeness (QED) is 0.897. The van der Waals surface area contributed by atoms with Gasteiger partial charge in [-0.1, -0.05) is 38.1 Å². The first-order valence-corrected chi connectivity index (χ1v) is 7.65. The number of piperidine rings is 1. The third-order valence-corrected chi connectivity index (χ3v) is 4.62. The van der Waals surface area contributed by atoms with E-state index in [0.29, 0.717) is 12.0 Å². The summed E-state index contributed by atoms with van der Waals surface area (Å²) in [5.74, 6) is 1.36. The Labute approximate surface area is 118 Å². The van der Waals surface area contributed by atoms with Crippen LogP contribution in [-0.4, -0.2) is 24.5 Å². The molecule has 0 aromatic heterocycles. The fraction of sp³-hybridized carbons (Fsp3) is 0.647. The Morgan fingerprint density at radius 3 is 2.05 bits per heavy atom. The van der Waals surface area contributed by atoms with Gasteiger partial charge >= 0.3 is 0 Å². The van der Waals surface area contributed by atoms with Crippen molar-refractivity contribution >= 4 is 0 Å². The van der Waals surface area contributed by atoms with Crippen LogP contribution in [0.5, 0.6) is 0 Å². The highest BCUT2D eigenvalue weighted by Gasteiger charge is 2.22. The van der Waals surface area contributed by atoms with Gasteiger partial charge in [-0.15, -0.1) is 0 Å². The summed E-state index contributed by atoms with van der Waals surface area (Å²) in [6, 6.07) is 9.69. The van der Waals surface area contributed by atoms with Crippen LogP contribution < -0.4 is 5.73 Å². The number of hydrogen-bond donors (Lipinski definition) is 1. The van der Waals surface area contributed by atoms with Gasteiger partial charge in [0.05, 0.1) is 0 Å². The molecule has 0 aliphatic carbocycles. The molecule has 0 radical (unpaired) electrons. The van der Waals surface area contributed by atoms with Crippen molar-refractivity contribution < 1.29 is 0 Å². The molecule has 19 heavy (non-hydrogen) atoms. The first kappa shape index (κ1) is 14.5. The molecule has 1 saturated heterocycles. The summed E-state index contributed by atoms with van der Waals surface area (Å²) in [6.07, 6.45) is 2.51. The predicted octanol–water partition coefficient (Wildman–Crippen LogP) is 3.54. The van der Waals surface area contributed by atoms with Crippen LogP contribution in [0, 0.1) is 5.92 Å². The first-order chi connectivity index (χ1) is 9.11. The third kappa shape index (κ3) is 3.58. The van der Waals surface area contributed by atoms with Crippen molar-refractivity contribution in [1.82, 2.24) is 4.90 Å². The summed E-state index contributed by atoms with van der Waals surface area (Å²) in [6.45, 7) is 10.1. The summed E-state index contributed by atoms with van der Waals surface area (Å²) in [5, 5.41) is 0. The molecule has 1 aliphatic rings. The van der Waals surface area contributed by atoms with E-state index in [2.05, 4.69) is 49.9 Å². The van der Waals surface area contributed by atoms with Crippen molar-refractivity contribution in [2.75, 3.05) is 19.6 Å². The Kier molecular flexibility index (Phi) is 5.00. The third-order valence-electron chi connectivity index (χ3n) is 4.62. The van der Waals surface area contributed by atoms with Gasteiger partial charge in [0, 0.05) is 6.04 Å². The molecule has 2 heteroatoms. The van der Waals surface area contributed by atoms with Crippen molar-refractivity contribution in [3.63, 3.8) is 0 Å². The van der Waals surface area contributed by atoms with E-state index in [0.717, 1.165) is 12.5 Å². The Balaban J connectivity index is 1.97. The molecule has 1 fully saturated rings. The van der Waals surface area contributed by atoms with Gasteiger partial charge in [-0.25, -0.2) is 0 Å². The molecule has 2 nitrogen and oxygen atoms in total. The first-order valence-electron chi connectivity index (χ1n) is 7.65. The lowest BCUT2D eigenvalue weighted by atomic mass is 9.94. The van der Waals surface area contributed by atoms with Crippen LogP contribution in [0.15, 0.2) is 24.3 Å². The number of nitrogens with zero attached hydrogens (tertiary/aromatic N) is 1. The number of rotatable bonds is 4. The van der Waals surface area contributed by atoms with Crippen molar-refractivity contribution in [1.29, 1.82) is 0 Å². The minimum Gasteiger partial charge on any atom is -0.330 e. The molecule has 1 atom stereocenters. The molecule has 2 N–H and O–H groups in total. The lowest BCUT2D eigenvalue weighted by molar-refractivity contribution is 0.143. The van der Waals surface area contributed by atoms with Crippen LogP contribution in [0.25, 0.3) is 0 Å². The minimum atomic E-state index is 0.528. The topological polar surface area (TPSA) is 29.3 Å². The van der Waals surface area contributed by atoms with Crippen LogP contribution in [0.3, 0.4) is 0 Å². The van der Waals surface area contributed by atoms with E-state index in [9.17, 15) is 0 Å². The lowest BCUT2D eigenvalue weighted by Gasteiger charge is -2.36. The molecule has 1 heterocycles. The molecule has 0 saturated carbocycles. The normalized spacial score (nSPS) is 19.8. The second kappa shape index (κ2) is 6.53. The van der Waals surface area contributed by atoms with Gasteiger partial charge in [-0.3, -0.25) is 4.90 Å². The summed E-state index contributed by atoms with van der Waals surface area (Å²) in [4.78, 5) is 2.59. The zero-order chi connectivity index (χ0) is 13.8. The van der Waals surface area contributed by atoms with Crippen molar-refractivity contribution in [3.05, 3.63) is 35.4 Å². The Morgan fingerprint density at radius 2 is 1.58 bits per heavy atom. The van der Waals surface area contributed by atoms with Crippen LogP contribution >= 0.6 is 0 Å². The number of nitrogens with two attached hydrogens (primary N) is 1. The lowest BCUT2D eigenvalue weighted by Crippen LogP contribution is -2.37. The van der Waals surface area contributed by atoms with Crippen LogP contribution in [0.2, 0.25) is 0 Å². The molecule has 0 spiro atoms. The summed E-state index contributed by atoms with van der Waals surface area (Å²) >= 11 is 0. The largest absolute Gasteiger partial charge is 0.330 e. The van der Waals surface area contributed by atoms with Gasteiger partial charge in [-0.05, 0) is 62.4 Å². The Bertz CT molecular complexity index is 375. The minimum absolute atomic E-state index is 0.528. The molecule has 1 aliphatic heterocycles. The van der Waals surface area contributed by atoms with Crippen LogP contribution in [0.1, 0.15) is 56.7 Å². The summed E-state index contributed by atoms with van der Waals surface area (Å²) in [7, 11) is 0. The molecular weight excluding hydrogens is 232 g/mol. The van der Waals surface area contributed by atoms with Gasteiger partial charge in [0.25, 0.3) is 0 Å². The number of benzene rings is 1. The molecule has 2 rings (SSSR count).